The molecule has 4 heterocycles. The van der Waals surface area contributed by atoms with Crippen molar-refractivity contribution in [2.45, 2.75) is 18.0 Å². The molecule has 1 unspecified atom stereocenters. The summed E-state index contributed by atoms with van der Waals surface area (Å²) >= 11 is 1.35. The van der Waals surface area contributed by atoms with E-state index in [0.717, 1.165) is 17.0 Å². The standard InChI is InChI=1S/C16H12F3N3O2S2/c1-3-26(23)14-12-10(4-5-24-12)25-13(14)15-21-8-6-11(16(17,18)19)20-7-9(8)22(15)2/h4-7H,3H2,1-2H3. The summed E-state index contributed by atoms with van der Waals surface area (Å²) in [5.41, 5.74) is 0.188. The molecule has 0 aromatic carbocycles. The molecule has 10 heteroatoms. The summed E-state index contributed by atoms with van der Waals surface area (Å²) in [6.45, 7) is 1.79. The van der Waals surface area contributed by atoms with Gasteiger partial charge < -0.3 is 8.98 Å². The van der Waals surface area contributed by atoms with Gasteiger partial charge in [-0.2, -0.15) is 13.2 Å². The molecule has 136 valence electrons. The summed E-state index contributed by atoms with van der Waals surface area (Å²) in [6.07, 6.45) is -1.86. The third kappa shape index (κ3) is 2.55. The lowest BCUT2D eigenvalue weighted by molar-refractivity contribution is -0.141. The number of hydrogen-bond donors (Lipinski definition) is 0. The Morgan fingerprint density at radius 3 is 2.85 bits per heavy atom. The lowest BCUT2D eigenvalue weighted by atomic mass is 10.3. The molecule has 0 fully saturated rings. The summed E-state index contributed by atoms with van der Waals surface area (Å²) in [5.74, 6) is 0.831. The van der Waals surface area contributed by atoms with E-state index in [1.165, 1.54) is 17.6 Å². The lowest BCUT2D eigenvalue weighted by Crippen LogP contribution is -2.07. The van der Waals surface area contributed by atoms with Gasteiger partial charge in [0.15, 0.2) is 11.4 Å². The maximum atomic E-state index is 12.9. The van der Waals surface area contributed by atoms with Crippen LogP contribution in [0.15, 0.2) is 33.9 Å². The molecule has 0 saturated heterocycles. The number of aromatic nitrogens is 3. The third-order valence-electron chi connectivity index (χ3n) is 4.00. The second-order valence-corrected chi connectivity index (χ2v) is 8.29. The summed E-state index contributed by atoms with van der Waals surface area (Å²) in [7, 11) is 0.389. The molecule has 0 radical (unpaired) electrons. The van der Waals surface area contributed by atoms with Crippen molar-refractivity contribution < 1.29 is 21.8 Å². The highest BCUT2D eigenvalue weighted by Crippen LogP contribution is 2.42. The second kappa shape index (κ2) is 5.92. The van der Waals surface area contributed by atoms with E-state index in [9.17, 15) is 17.4 Å². The zero-order valence-electron chi connectivity index (χ0n) is 13.6. The van der Waals surface area contributed by atoms with Crippen molar-refractivity contribution in [3.05, 3.63) is 30.3 Å². The molecule has 0 N–H and O–H groups in total. The number of halogens is 3. The molecular formula is C16H12F3N3O2S2. The highest BCUT2D eigenvalue weighted by molar-refractivity contribution is 7.85. The van der Waals surface area contributed by atoms with Crippen molar-refractivity contribution >= 4 is 43.5 Å². The zero-order chi connectivity index (χ0) is 18.6. The van der Waals surface area contributed by atoms with Crippen LogP contribution in [0.3, 0.4) is 0 Å². The molecule has 0 aliphatic carbocycles. The summed E-state index contributed by atoms with van der Waals surface area (Å²) in [4.78, 5) is 9.02. The van der Waals surface area contributed by atoms with Crippen LogP contribution >= 0.6 is 11.3 Å². The molecule has 0 amide bonds. The van der Waals surface area contributed by atoms with E-state index in [1.807, 2.05) is 0 Å². The van der Waals surface area contributed by atoms with Gasteiger partial charge in [0.25, 0.3) is 0 Å². The lowest BCUT2D eigenvalue weighted by Gasteiger charge is -2.05. The summed E-state index contributed by atoms with van der Waals surface area (Å²) in [5, 5.41) is 0. The van der Waals surface area contributed by atoms with Crippen molar-refractivity contribution in [1.82, 2.24) is 14.5 Å². The molecule has 4 rings (SSSR count). The van der Waals surface area contributed by atoms with Gasteiger partial charge >= 0.3 is 6.18 Å². The predicted octanol–water partition coefficient (Wildman–Crippen LogP) is 4.59. The Kier molecular flexibility index (Phi) is 3.92. The summed E-state index contributed by atoms with van der Waals surface area (Å²) in [6, 6.07) is 2.69. The molecule has 26 heavy (non-hydrogen) atoms. The fourth-order valence-corrected chi connectivity index (χ4v) is 5.21. The Hall–Kier alpha value is -2.20. The molecule has 1 atom stereocenters. The van der Waals surface area contributed by atoms with Crippen molar-refractivity contribution in [3.8, 4) is 10.7 Å². The van der Waals surface area contributed by atoms with Gasteiger partial charge in [-0.1, -0.05) is 6.92 Å². The Morgan fingerprint density at radius 1 is 1.38 bits per heavy atom. The summed E-state index contributed by atoms with van der Waals surface area (Å²) < 4.78 is 59.2. The smallest absolute Gasteiger partial charge is 0.433 e. The molecule has 0 aliphatic rings. The van der Waals surface area contributed by atoms with Crippen LogP contribution < -0.4 is 0 Å². The average Bonchev–Trinajstić information content (AvgIpc) is 3.25. The molecule has 0 spiro atoms. The topological polar surface area (TPSA) is 60.9 Å². The Balaban J connectivity index is 1.97. The largest absolute Gasteiger partial charge is 0.462 e. The fourth-order valence-electron chi connectivity index (χ4n) is 2.75. The second-order valence-electron chi connectivity index (χ2n) is 5.56. The SMILES string of the molecule is CCS(=O)c1c(-c2nc3cc(C(F)(F)F)ncc3n2C)sc2ccoc12. The highest BCUT2D eigenvalue weighted by Gasteiger charge is 2.33. The van der Waals surface area contributed by atoms with E-state index in [-0.39, 0.29) is 5.52 Å². The normalized spacial score (nSPS) is 13.7. The molecule has 4 aromatic rings. The minimum atomic E-state index is -4.54. The van der Waals surface area contributed by atoms with Gasteiger partial charge in [0.05, 0.1) is 43.9 Å². The van der Waals surface area contributed by atoms with Gasteiger partial charge in [0.1, 0.15) is 10.6 Å². The third-order valence-corrected chi connectivity index (χ3v) is 6.63. The molecule has 0 aliphatic heterocycles. The minimum Gasteiger partial charge on any atom is -0.462 e. The molecule has 0 saturated carbocycles. The van der Waals surface area contributed by atoms with E-state index in [4.69, 9.17) is 4.42 Å². The van der Waals surface area contributed by atoms with Crippen LogP contribution in [0.25, 0.3) is 32.0 Å². The first-order valence-electron chi connectivity index (χ1n) is 7.59. The van der Waals surface area contributed by atoms with Crippen LogP contribution in [0.1, 0.15) is 12.6 Å². The van der Waals surface area contributed by atoms with Gasteiger partial charge in [-0.3, -0.25) is 4.21 Å². The van der Waals surface area contributed by atoms with Crippen molar-refractivity contribution in [3.63, 3.8) is 0 Å². The average molecular weight is 399 g/mol. The van der Waals surface area contributed by atoms with Crippen LogP contribution in [0.5, 0.6) is 0 Å². The molecular weight excluding hydrogens is 387 g/mol. The number of rotatable bonds is 3. The first-order chi connectivity index (χ1) is 12.3. The van der Waals surface area contributed by atoms with E-state index in [2.05, 4.69) is 9.97 Å². The van der Waals surface area contributed by atoms with Gasteiger partial charge in [0.2, 0.25) is 0 Å². The fraction of sp³-hybridized carbons (Fsp3) is 0.250. The number of nitrogens with zero attached hydrogens (tertiary/aromatic N) is 3. The van der Waals surface area contributed by atoms with Crippen LogP contribution in [-0.4, -0.2) is 24.5 Å². The number of hydrogen-bond acceptors (Lipinski definition) is 5. The quantitative estimate of drug-likeness (QED) is 0.506. The number of aryl methyl sites for hydroxylation is 1. The number of furan rings is 1. The predicted molar refractivity (Wildman–Crippen MR) is 93.5 cm³/mol. The van der Waals surface area contributed by atoms with Crippen molar-refractivity contribution in [1.29, 1.82) is 0 Å². The van der Waals surface area contributed by atoms with Gasteiger partial charge in [0, 0.05) is 12.8 Å². The maximum Gasteiger partial charge on any atom is 0.433 e. The van der Waals surface area contributed by atoms with E-state index in [0.29, 0.717) is 32.4 Å². The van der Waals surface area contributed by atoms with Gasteiger partial charge in [-0.05, 0) is 12.1 Å². The maximum absolute atomic E-state index is 12.9. The first kappa shape index (κ1) is 17.2. The highest BCUT2D eigenvalue weighted by atomic mass is 32.2. The molecule has 5 nitrogen and oxygen atoms in total. The molecule has 0 bridgehead atoms. The number of imidazole rings is 1. The van der Waals surface area contributed by atoms with Crippen LogP contribution in [0.2, 0.25) is 0 Å². The van der Waals surface area contributed by atoms with Crippen LogP contribution in [0.4, 0.5) is 13.2 Å². The number of thiophene rings is 1. The Labute approximate surface area is 151 Å². The Morgan fingerprint density at radius 2 is 2.15 bits per heavy atom. The molecule has 4 aromatic heterocycles. The number of pyridine rings is 1. The Bertz CT molecular complexity index is 1160. The number of fused-ring (bicyclic) bond motifs is 2. The zero-order valence-corrected chi connectivity index (χ0v) is 15.3. The van der Waals surface area contributed by atoms with Crippen LogP contribution in [-0.2, 0) is 24.0 Å². The van der Waals surface area contributed by atoms with Crippen LogP contribution in [0, 0.1) is 0 Å². The van der Waals surface area contributed by atoms with Crippen molar-refractivity contribution in [2.75, 3.05) is 5.75 Å². The van der Waals surface area contributed by atoms with E-state index >= 15 is 0 Å². The van der Waals surface area contributed by atoms with Gasteiger partial charge in [-0.15, -0.1) is 11.3 Å². The number of alkyl halides is 3. The van der Waals surface area contributed by atoms with E-state index < -0.39 is 22.7 Å². The van der Waals surface area contributed by atoms with Gasteiger partial charge in [-0.25, -0.2) is 9.97 Å². The monoisotopic (exact) mass is 399 g/mol. The minimum absolute atomic E-state index is 0.183. The van der Waals surface area contributed by atoms with Crippen molar-refractivity contribution in [2.24, 2.45) is 7.05 Å². The first-order valence-corrected chi connectivity index (χ1v) is 9.73. The van der Waals surface area contributed by atoms with E-state index in [1.54, 1.807) is 24.6 Å².